The van der Waals surface area contributed by atoms with E-state index in [-0.39, 0.29) is 21.7 Å². The average Bonchev–Trinajstić information content (AvgIpc) is 4.18. The first-order valence-electron chi connectivity index (χ1n) is 27.7. The fourth-order valence-corrected chi connectivity index (χ4v) is 30.6. The zero-order valence-corrected chi connectivity index (χ0v) is 38.2. The van der Waals surface area contributed by atoms with E-state index in [1.165, 1.54) is 26.2 Å². The predicted molar refractivity (Wildman–Crippen MR) is 279 cm³/mol. The minimum Gasteiger partial charge on any atom is -0.327 e. The van der Waals surface area contributed by atoms with Gasteiger partial charge in [0.1, 0.15) is 0 Å². The Labute approximate surface area is 391 Å². The van der Waals surface area contributed by atoms with Crippen molar-refractivity contribution in [2.45, 2.75) is 51.8 Å². The van der Waals surface area contributed by atoms with Gasteiger partial charge in [0.15, 0.2) is 0 Å². The summed E-state index contributed by atoms with van der Waals surface area (Å²) >= 11 is 0. The van der Waals surface area contributed by atoms with Crippen LogP contribution < -0.4 is 5.22 Å². The molecule has 0 aromatic heterocycles. The van der Waals surface area contributed by atoms with Crippen LogP contribution in [0.25, 0.3) is 189 Å². The highest BCUT2D eigenvalue weighted by Gasteiger charge is 2.88. The van der Waals surface area contributed by atoms with Crippen LogP contribution in [-0.2, 0) is 16.2 Å². The number of rotatable bonds is 0. The van der Waals surface area contributed by atoms with Crippen LogP contribution in [0.1, 0.15) is 113 Å². The molecule has 15 aliphatic carbocycles. The average molecular weight is 871 g/mol. The Hall–Kier alpha value is -6.58. The van der Waals surface area contributed by atoms with E-state index in [4.69, 9.17) is 0 Å². The number of allylic oxidation sites excluding steroid dienone is 1. The first-order chi connectivity index (χ1) is 34.3. The van der Waals surface area contributed by atoms with Crippen molar-refractivity contribution in [2.24, 2.45) is 5.41 Å². The molecular weight excluding hydrogens is 845 g/mol. The maximum Gasteiger partial charge on any atom is 0.0934 e. The number of likely N-dealkylation sites (N-methyl/N-ethyl adjacent to an activating group) is 2. The molecule has 17 aromatic rings. The van der Waals surface area contributed by atoms with Gasteiger partial charge in [-0.05, 0) is 273 Å². The van der Waals surface area contributed by atoms with Gasteiger partial charge in [-0.2, -0.15) is 0 Å². The van der Waals surface area contributed by atoms with Crippen LogP contribution in [0.15, 0.2) is 0 Å². The summed E-state index contributed by atoms with van der Waals surface area (Å²) in [4.78, 5) is 0. The molecule has 17 aliphatic rings. The highest BCUT2D eigenvalue weighted by Crippen LogP contribution is 2.95. The molecule has 306 valence electrons. The van der Waals surface area contributed by atoms with Crippen molar-refractivity contribution in [1.82, 2.24) is 0 Å². The van der Waals surface area contributed by atoms with Gasteiger partial charge in [0, 0.05) is 35.5 Å². The normalized spacial score (nSPS) is 38.1. The molecule has 2 nitrogen and oxygen atoms in total. The Morgan fingerprint density at radius 3 is 1.53 bits per heavy atom. The van der Waals surface area contributed by atoms with Crippen LogP contribution in [-0.4, -0.2) is 63.3 Å². The SMILES string of the molecule is C[N+]1(C)C[C@]23c4c5c6c7c8c9c%10c%11c%12c%13c%14c%15c%16c%17c%18c%19c%20c(c2c2c4c4c6c6c8c%10c8c%12c%10c%14c(c%15%19)c%12c%20c2c2c4c6c8c%10c%122)[C@@H]%18[C@H]2c4c6c8c%10c(c4-%17)[C@@H]%16[C@H]%13[C@@]%114C[N+](C)(C)C[C@]%104C=9[C@H]8[C@@H]7C5=C6[C@]23C1. The minimum absolute atomic E-state index is 0.0130. The molecule has 0 radical (unpaired) electrons. The molecule has 4 spiro atoms. The number of quaternary nitrogens is 2. The van der Waals surface area contributed by atoms with E-state index in [1.54, 1.807) is 113 Å². The Kier molecular flexibility index (Phi) is 2.25. The van der Waals surface area contributed by atoms with Crippen molar-refractivity contribution in [3.05, 3.63) is 83.1 Å². The third-order valence-corrected chi connectivity index (χ3v) is 29.1. The van der Waals surface area contributed by atoms with E-state index in [2.05, 4.69) is 28.2 Å². The van der Waals surface area contributed by atoms with Crippen molar-refractivity contribution in [3.63, 3.8) is 0 Å². The number of nitrogens with zero attached hydrogens (tertiary/aromatic N) is 2. The van der Waals surface area contributed by atoms with Gasteiger partial charge in [-0.1, -0.05) is 0 Å². The molecule has 0 N–H and O–H groups in total. The predicted octanol–water partition coefficient (Wildman–Crippen LogP) is 12.6. The molecule has 10 atom stereocenters. The maximum absolute atomic E-state index is 2.73. The highest BCUT2D eigenvalue weighted by atomic mass is 15.4. The summed E-state index contributed by atoms with van der Waals surface area (Å²) in [6, 6.07) is 0. The second-order valence-corrected chi connectivity index (χ2v) is 30.3. The van der Waals surface area contributed by atoms with Crippen LogP contribution in [0.4, 0.5) is 0 Å². The van der Waals surface area contributed by atoms with Gasteiger partial charge in [-0.3, -0.25) is 0 Å². The fraction of sp³-hybridized carbons (Fsp3) is 0.265. The number of likely N-dealkylation sites (tertiary alicyclic amines) is 2. The van der Waals surface area contributed by atoms with Crippen LogP contribution in [0.5, 0.6) is 0 Å². The van der Waals surface area contributed by atoms with E-state index in [9.17, 15) is 0 Å². The van der Waals surface area contributed by atoms with Crippen LogP contribution in [0, 0.1) is 5.41 Å². The second-order valence-electron chi connectivity index (χ2n) is 30.3. The fourth-order valence-electron chi connectivity index (χ4n) is 30.6. The van der Waals surface area contributed by atoms with E-state index < -0.39 is 0 Å². The maximum atomic E-state index is 2.73. The molecule has 2 aliphatic heterocycles. The molecule has 17 aromatic carbocycles. The Morgan fingerprint density at radius 1 is 0.300 bits per heavy atom. The summed E-state index contributed by atoms with van der Waals surface area (Å²) in [5.41, 5.74) is 36.8. The monoisotopic (exact) mass is 870 g/mol. The lowest BCUT2D eigenvalue weighted by atomic mass is 9.42. The molecule has 70 heavy (non-hydrogen) atoms. The van der Waals surface area contributed by atoms with Gasteiger partial charge in [-0.15, -0.1) is 0 Å². The summed E-state index contributed by atoms with van der Waals surface area (Å²) in [6.45, 7) is 5.13. The molecule has 0 bridgehead atoms. The third-order valence-electron chi connectivity index (χ3n) is 29.1. The number of hydrogen-bond donors (Lipinski definition) is 0. The van der Waals surface area contributed by atoms with E-state index in [0.717, 1.165) is 8.97 Å². The molecule has 2 saturated heterocycles. The summed E-state index contributed by atoms with van der Waals surface area (Å²) in [7, 11) is 10.9. The quantitative estimate of drug-likeness (QED) is 0.105. The van der Waals surface area contributed by atoms with Gasteiger partial charge in [0.05, 0.1) is 76.0 Å². The second kappa shape index (κ2) is 5.80. The van der Waals surface area contributed by atoms with Crippen LogP contribution in [0.2, 0.25) is 0 Å². The van der Waals surface area contributed by atoms with Crippen LogP contribution in [0.3, 0.4) is 0 Å². The van der Waals surface area contributed by atoms with Gasteiger partial charge in [-0.25, -0.2) is 0 Å². The standard InChI is InChI=1S/C68H26N2/c1-69(2)5-65-57-41-29-17-9-10-14-11-15-23-31(19(11)17)43(41)59(65)49-37(23)28-36-26(15)34-22(14)30-18(10)20-12-13(9)21(29)33-25-16(12)24-32(20)44-42(30)58-46(34)48(36)62-54-39(28)51(49)63-55-53-40-27(35(25)47(45(33)57)61(53)67(63,65)7-69)38(24)50-52(40)64(56(54)55)68(62)8-70(3,4)6-66(58,68)60(44)50/h39,47,50,54,60-61H,5-8H2,1-4H3/q+2/t39-,47+,50+,54-,60-,61-,65+,66+,67-,68-/m0/s1. The first kappa shape index (κ1) is 27.1. The van der Waals surface area contributed by atoms with Gasteiger partial charge >= 0.3 is 0 Å². The molecule has 2 fully saturated rings. The van der Waals surface area contributed by atoms with Crippen molar-refractivity contribution in [2.75, 3.05) is 54.4 Å². The molecule has 0 unspecified atom stereocenters. The van der Waals surface area contributed by atoms with Crippen molar-refractivity contribution >= 4 is 178 Å². The number of benzene rings is 12. The van der Waals surface area contributed by atoms with Crippen LogP contribution >= 0.6 is 0 Å². The Bertz CT molecular complexity index is 6480. The Balaban J connectivity index is 1.14. The van der Waals surface area contributed by atoms with E-state index >= 15 is 0 Å². The van der Waals surface area contributed by atoms with E-state index in [1.807, 2.05) is 159 Å². The molecule has 0 amide bonds. The molecule has 34 rings (SSSR count). The summed E-state index contributed by atoms with van der Waals surface area (Å²) in [6.07, 6.45) is 0. The molecule has 2 heterocycles. The number of hydrogen-bond acceptors (Lipinski definition) is 0. The molecule has 0 saturated carbocycles. The lowest BCUT2D eigenvalue weighted by Crippen LogP contribution is -2.58. The van der Waals surface area contributed by atoms with Crippen molar-refractivity contribution < 1.29 is 8.97 Å². The molecule has 2 heteroatoms. The highest BCUT2D eigenvalue weighted by molar-refractivity contribution is 6.72. The minimum atomic E-state index is -0.0130. The third kappa shape index (κ3) is 1.38. The molecular formula is C68H26N2+2. The van der Waals surface area contributed by atoms with Gasteiger partial charge in [0.2, 0.25) is 0 Å². The lowest BCUT2D eigenvalue weighted by Gasteiger charge is -2.56. The Morgan fingerprint density at radius 2 is 0.800 bits per heavy atom. The lowest BCUT2D eigenvalue weighted by molar-refractivity contribution is -0.881. The van der Waals surface area contributed by atoms with Crippen molar-refractivity contribution in [1.29, 1.82) is 0 Å². The summed E-state index contributed by atoms with van der Waals surface area (Å²) < 4.78 is 2.29. The topological polar surface area (TPSA) is 0 Å². The summed E-state index contributed by atoms with van der Waals surface area (Å²) in [5.74, 6) is 2.96. The van der Waals surface area contributed by atoms with Crippen molar-refractivity contribution in [3.8, 4) is 11.1 Å². The first-order valence-corrected chi connectivity index (χ1v) is 27.7. The zero-order chi connectivity index (χ0) is 42.2. The zero-order valence-electron chi connectivity index (χ0n) is 38.2. The van der Waals surface area contributed by atoms with E-state index in [0.29, 0.717) is 35.5 Å². The van der Waals surface area contributed by atoms with Gasteiger partial charge in [0.25, 0.3) is 0 Å². The largest absolute Gasteiger partial charge is 0.327 e. The summed E-state index contributed by atoms with van der Waals surface area (Å²) in [5, 5.41) is 55.2. The smallest absolute Gasteiger partial charge is 0.0934 e. The van der Waals surface area contributed by atoms with Gasteiger partial charge < -0.3 is 8.97 Å².